The summed E-state index contributed by atoms with van der Waals surface area (Å²) < 4.78 is 14.4. The molecule has 0 aliphatic rings. The Balaban J connectivity index is 1.82. The third-order valence-electron chi connectivity index (χ3n) is 3.64. The van der Waals surface area contributed by atoms with Gasteiger partial charge in [-0.15, -0.1) is 0 Å². The summed E-state index contributed by atoms with van der Waals surface area (Å²) in [7, 11) is 0. The molecule has 1 N–H and O–H groups in total. The van der Waals surface area contributed by atoms with Gasteiger partial charge in [0.05, 0.1) is 12.1 Å². The van der Waals surface area contributed by atoms with Gasteiger partial charge in [0.25, 0.3) is 11.5 Å². The first-order chi connectivity index (χ1) is 12.0. The Labute approximate surface area is 143 Å². The highest BCUT2D eigenvalue weighted by molar-refractivity contribution is 6.03. The van der Waals surface area contributed by atoms with E-state index in [9.17, 15) is 14.0 Å². The van der Waals surface area contributed by atoms with Crippen molar-refractivity contribution in [2.24, 2.45) is 0 Å². The highest BCUT2D eigenvalue weighted by Gasteiger charge is 2.09. The predicted molar refractivity (Wildman–Crippen MR) is 93.1 cm³/mol. The summed E-state index contributed by atoms with van der Waals surface area (Å²) in [6, 6.07) is 14.0. The van der Waals surface area contributed by atoms with Crippen molar-refractivity contribution < 1.29 is 9.18 Å². The van der Waals surface area contributed by atoms with Crippen LogP contribution in [0, 0.1) is 12.7 Å². The van der Waals surface area contributed by atoms with E-state index in [4.69, 9.17) is 0 Å². The molecule has 126 valence electrons. The van der Waals surface area contributed by atoms with Gasteiger partial charge < -0.3 is 9.88 Å². The standard InChI is InChI=1S/C19H16FN3O2/c1-13-3-2-4-17(21-13)22-19(25)15-7-10-18(24)23(12-15)11-14-5-8-16(20)9-6-14/h2-10,12H,11H2,1H3,(H,21,22,25). The highest BCUT2D eigenvalue weighted by Crippen LogP contribution is 2.08. The average molecular weight is 337 g/mol. The fraction of sp³-hybridized carbons (Fsp3) is 0.105. The third kappa shape index (κ3) is 4.17. The number of halogens is 1. The molecule has 0 unspecified atom stereocenters. The van der Waals surface area contributed by atoms with E-state index in [-0.39, 0.29) is 23.8 Å². The second-order valence-electron chi connectivity index (χ2n) is 5.63. The van der Waals surface area contributed by atoms with Crippen LogP contribution in [0.1, 0.15) is 21.6 Å². The Morgan fingerprint density at radius 1 is 1.12 bits per heavy atom. The van der Waals surface area contributed by atoms with E-state index in [1.165, 1.54) is 35.0 Å². The fourth-order valence-corrected chi connectivity index (χ4v) is 2.38. The zero-order chi connectivity index (χ0) is 17.8. The number of carbonyl (C=O) groups is 1. The molecule has 0 atom stereocenters. The smallest absolute Gasteiger partial charge is 0.258 e. The molecular weight excluding hydrogens is 321 g/mol. The van der Waals surface area contributed by atoms with Gasteiger partial charge in [0.1, 0.15) is 11.6 Å². The normalized spacial score (nSPS) is 10.5. The summed E-state index contributed by atoms with van der Waals surface area (Å²) in [6.07, 6.45) is 1.48. The van der Waals surface area contributed by atoms with Gasteiger partial charge in [-0.2, -0.15) is 0 Å². The van der Waals surface area contributed by atoms with Crippen LogP contribution in [0.5, 0.6) is 0 Å². The molecule has 0 spiro atoms. The van der Waals surface area contributed by atoms with E-state index in [1.807, 2.05) is 13.0 Å². The Bertz CT molecular complexity index is 965. The Hall–Kier alpha value is -3.28. The summed E-state index contributed by atoms with van der Waals surface area (Å²) in [5.74, 6) is -0.248. The van der Waals surface area contributed by atoms with Crippen molar-refractivity contribution >= 4 is 11.7 Å². The number of aromatic nitrogens is 2. The summed E-state index contributed by atoms with van der Waals surface area (Å²) >= 11 is 0. The fourth-order valence-electron chi connectivity index (χ4n) is 2.38. The molecule has 0 aliphatic carbocycles. The molecule has 1 amide bonds. The third-order valence-corrected chi connectivity index (χ3v) is 3.64. The van der Waals surface area contributed by atoms with Gasteiger partial charge in [-0.05, 0) is 42.8 Å². The summed E-state index contributed by atoms with van der Waals surface area (Å²) in [4.78, 5) is 28.6. The lowest BCUT2D eigenvalue weighted by atomic mass is 10.2. The molecule has 3 rings (SSSR count). The van der Waals surface area contributed by atoms with Crippen LogP contribution in [-0.2, 0) is 6.54 Å². The quantitative estimate of drug-likeness (QED) is 0.796. The molecule has 25 heavy (non-hydrogen) atoms. The van der Waals surface area contributed by atoms with Crippen LogP contribution >= 0.6 is 0 Å². The lowest BCUT2D eigenvalue weighted by molar-refractivity contribution is 0.102. The molecule has 0 bridgehead atoms. The van der Waals surface area contributed by atoms with Crippen LogP contribution < -0.4 is 10.9 Å². The molecule has 2 heterocycles. The number of anilines is 1. The largest absolute Gasteiger partial charge is 0.310 e. The predicted octanol–water partition coefficient (Wildman–Crippen LogP) is 2.99. The number of carbonyl (C=O) groups excluding carboxylic acids is 1. The maximum atomic E-state index is 13.0. The molecule has 5 nitrogen and oxygen atoms in total. The number of hydrogen-bond acceptors (Lipinski definition) is 3. The molecule has 0 aliphatic heterocycles. The highest BCUT2D eigenvalue weighted by atomic mass is 19.1. The van der Waals surface area contributed by atoms with Gasteiger partial charge >= 0.3 is 0 Å². The van der Waals surface area contributed by atoms with Crippen molar-refractivity contribution in [3.8, 4) is 0 Å². The van der Waals surface area contributed by atoms with Gasteiger partial charge in [-0.3, -0.25) is 9.59 Å². The van der Waals surface area contributed by atoms with Gasteiger partial charge in [0.2, 0.25) is 0 Å². The van der Waals surface area contributed by atoms with Crippen LogP contribution in [-0.4, -0.2) is 15.5 Å². The molecular formula is C19H16FN3O2. The lowest BCUT2D eigenvalue weighted by Crippen LogP contribution is -2.22. The molecule has 0 fully saturated rings. The molecule has 3 aromatic rings. The average Bonchev–Trinajstić information content (AvgIpc) is 2.59. The van der Waals surface area contributed by atoms with Crippen molar-refractivity contribution in [1.29, 1.82) is 0 Å². The van der Waals surface area contributed by atoms with Crippen molar-refractivity contribution in [1.82, 2.24) is 9.55 Å². The molecule has 2 aromatic heterocycles. The summed E-state index contributed by atoms with van der Waals surface area (Å²) in [6.45, 7) is 2.08. The number of nitrogens with zero attached hydrogens (tertiary/aromatic N) is 2. The molecule has 0 radical (unpaired) electrons. The topological polar surface area (TPSA) is 64.0 Å². The van der Waals surface area contributed by atoms with Crippen LogP contribution in [0.25, 0.3) is 0 Å². The van der Waals surface area contributed by atoms with Crippen LogP contribution in [0.15, 0.2) is 65.6 Å². The number of rotatable bonds is 4. The lowest BCUT2D eigenvalue weighted by Gasteiger charge is -2.09. The van der Waals surface area contributed by atoms with Gasteiger partial charge in [-0.25, -0.2) is 9.37 Å². The van der Waals surface area contributed by atoms with E-state index in [0.29, 0.717) is 11.4 Å². The van der Waals surface area contributed by atoms with Crippen molar-refractivity contribution in [3.05, 3.63) is 93.8 Å². The molecule has 0 saturated heterocycles. The molecule has 1 aromatic carbocycles. The van der Waals surface area contributed by atoms with Gasteiger partial charge in [0.15, 0.2) is 0 Å². The Kier molecular flexibility index (Phi) is 4.70. The van der Waals surface area contributed by atoms with Crippen LogP contribution in [0.3, 0.4) is 0 Å². The van der Waals surface area contributed by atoms with Crippen LogP contribution in [0.2, 0.25) is 0 Å². The van der Waals surface area contributed by atoms with E-state index >= 15 is 0 Å². The first kappa shape index (κ1) is 16.6. The minimum Gasteiger partial charge on any atom is -0.310 e. The van der Waals surface area contributed by atoms with Crippen molar-refractivity contribution in [2.75, 3.05) is 5.32 Å². The van der Waals surface area contributed by atoms with Gasteiger partial charge in [0, 0.05) is 18.0 Å². The van der Waals surface area contributed by atoms with E-state index in [0.717, 1.165) is 11.3 Å². The van der Waals surface area contributed by atoms with E-state index in [2.05, 4.69) is 10.3 Å². The first-order valence-electron chi connectivity index (χ1n) is 7.71. The SMILES string of the molecule is Cc1cccc(NC(=O)c2ccc(=O)n(Cc3ccc(F)cc3)c2)n1. The second kappa shape index (κ2) is 7.09. The van der Waals surface area contributed by atoms with E-state index in [1.54, 1.807) is 24.3 Å². The summed E-state index contributed by atoms with van der Waals surface area (Å²) in [5.41, 5.74) is 1.65. The Morgan fingerprint density at radius 2 is 1.88 bits per heavy atom. The second-order valence-corrected chi connectivity index (χ2v) is 5.63. The minimum absolute atomic E-state index is 0.241. The first-order valence-corrected chi connectivity index (χ1v) is 7.71. The minimum atomic E-state index is -0.356. The molecule has 0 saturated carbocycles. The maximum absolute atomic E-state index is 13.0. The maximum Gasteiger partial charge on any atom is 0.258 e. The van der Waals surface area contributed by atoms with E-state index < -0.39 is 0 Å². The number of nitrogens with one attached hydrogen (secondary N) is 1. The van der Waals surface area contributed by atoms with Crippen molar-refractivity contribution in [2.45, 2.75) is 13.5 Å². The van der Waals surface area contributed by atoms with Crippen molar-refractivity contribution in [3.63, 3.8) is 0 Å². The van der Waals surface area contributed by atoms with Crippen LogP contribution in [0.4, 0.5) is 10.2 Å². The zero-order valence-corrected chi connectivity index (χ0v) is 13.6. The zero-order valence-electron chi connectivity index (χ0n) is 13.6. The number of aryl methyl sites for hydroxylation is 1. The molecule has 6 heteroatoms. The number of pyridine rings is 2. The number of hydrogen-bond donors (Lipinski definition) is 1. The summed E-state index contributed by atoms with van der Waals surface area (Å²) in [5, 5.41) is 2.70. The number of benzene rings is 1. The van der Waals surface area contributed by atoms with Gasteiger partial charge in [-0.1, -0.05) is 18.2 Å². The number of amides is 1. The Morgan fingerprint density at radius 3 is 2.60 bits per heavy atom. The monoisotopic (exact) mass is 337 g/mol.